The van der Waals surface area contributed by atoms with Crippen LogP contribution < -0.4 is 11.1 Å². The number of hydrogen-bond donors (Lipinski definition) is 2. The van der Waals surface area contributed by atoms with Gasteiger partial charge in [-0.2, -0.15) is 0 Å². The Morgan fingerprint density at radius 1 is 1.50 bits per heavy atom. The van der Waals surface area contributed by atoms with Crippen molar-refractivity contribution in [1.82, 2.24) is 15.1 Å². The second-order valence-electron chi connectivity index (χ2n) is 6.33. The molecule has 2 atom stereocenters. The topological polar surface area (TPSA) is 61.6 Å². The molecule has 0 aromatic carbocycles. The minimum atomic E-state index is -0.627. The maximum absolute atomic E-state index is 11.6. The Bertz CT molecular complexity index is 315. The summed E-state index contributed by atoms with van der Waals surface area (Å²) < 4.78 is 0. The first kappa shape index (κ1) is 17.4. The molecular weight excluding hydrogens is 252 g/mol. The van der Waals surface area contributed by atoms with Crippen molar-refractivity contribution in [2.75, 3.05) is 33.7 Å². The fourth-order valence-corrected chi connectivity index (χ4v) is 3.06. The molecule has 1 amide bonds. The van der Waals surface area contributed by atoms with Crippen LogP contribution in [0.25, 0.3) is 0 Å². The first-order valence-corrected chi connectivity index (χ1v) is 7.77. The molecule has 0 radical (unpaired) electrons. The molecule has 20 heavy (non-hydrogen) atoms. The van der Waals surface area contributed by atoms with Crippen LogP contribution in [-0.4, -0.2) is 67.1 Å². The standard InChI is InChI=1S/C15H32N4O/c1-6-19-9-7-13(8-10-19)18(5)12(2)11-15(3,17-4)14(16)20/h12-13,17H,6-11H2,1-5H3,(H2,16,20). The van der Waals surface area contributed by atoms with Crippen molar-refractivity contribution < 1.29 is 4.79 Å². The van der Waals surface area contributed by atoms with Gasteiger partial charge in [-0.3, -0.25) is 4.79 Å². The third kappa shape index (κ3) is 4.17. The molecule has 1 saturated heterocycles. The monoisotopic (exact) mass is 284 g/mol. The average Bonchev–Trinajstić information content (AvgIpc) is 2.46. The molecule has 0 bridgehead atoms. The lowest BCUT2D eigenvalue weighted by molar-refractivity contribution is -0.124. The number of carbonyl (C=O) groups is 1. The number of carbonyl (C=O) groups excluding carboxylic acids is 1. The third-order valence-corrected chi connectivity index (χ3v) is 5.07. The van der Waals surface area contributed by atoms with Crippen LogP contribution in [0.1, 0.15) is 40.0 Å². The zero-order valence-corrected chi connectivity index (χ0v) is 13.8. The fourth-order valence-electron chi connectivity index (χ4n) is 3.06. The molecule has 0 aromatic heterocycles. The highest BCUT2D eigenvalue weighted by atomic mass is 16.1. The molecule has 118 valence electrons. The number of rotatable bonds is 7. The van der Waals surface area contributed by atoms with Gasteiger partial charge < -0.3 is 20.9 Å². The molecule has 3 N–H and O–H groups in total. The summed E-state index contributed by atoms with van der Waals surface area (Å²) in [4.78, 5) is 16.5. The molecule has 1 aliphatic rings. The van der Waals surface area contributed by atoms with Crippen LogP contribution in [0.4, 0.5) is 0 Å². The zero-order valence-electron chi connectivity index (χ0n) is 13.8. The molecule has 1 heterocycles. The highest BCUT2D eigenvalue weighted by Gasteiger charge is 2.34. The van der Waals surface area contributed by atoms with Crippen molar-refractivity contribution in [3.8, 4) is 0 Å². The molecule has 0 saturated carbocycles. The van der Waals surface area contributed by atoms with Crippen LogP contribution in [0.15, 0.2) is 0 Å². The Hall–Kier alpha value is -0.650. The van der Waals surface area contributed by atoms with Crippen LogP contribution in [0.5, 0.6) is 0 Å². The van der Waals surface area contributed by atoms with Gasteiger partial charge in [-0.05, 0) is 66.8 Å². The van der Waals surface area contributed by atoms with E-state index in [1.165, 1.54) is 25.9 Å². The molecule has 5 heteroatoms. The predicted molar refractivity (Wildman–Crippen MR) is 83.6 cm³/mol. The second kappa shape index (κ2) is 7.38. The van der Waals surface area contributed by atoms with E-state index in [9.17, 15) is 4.79 Å². The van der Waals surface area contributed by atoms with Gasteiger partial charge in [0.05, 0.1) is 5.54 Å². The van der Waals surface area contributed by atoms with Crippen molar-refractivity contribution in [3.63, 3.8) is 0 Å². The predicted octanol–water partition coefficient (Wildman–Crippen LogP) is 0.645. The van der Waals surface area contributed by atoms with Gasteiger partial charge in [-0.15, -0.1) is 0 Å². The quantitative estimate of drug-likeness (QED) is 0.720. The average molecular weight is 284 g/mol. The SMILES string of the molecule is CCN1CCC(N(C)C(C)CC(C)(NC)C(N)=O)CC1. The summed E-state index contributed by atoms with van der Waals surface area (Å²) in [6, 6.07) is 0.944. The number of likely N-dealkylation sites (tertiary alicyclic amines) is 1. The maximum atomic E-state index is 11.6. The molecule has 1 rings (SSSR count). The second-order valence-corrected chi connectivity index (χ2v) is 6.33. The summed E-state index contributed by atoms with van der Waals surface area (Å²) in [5.41, 5.74) is 4.89. The van der Waals surface area contributed by atoms with Crippen LogP contribution in [0, 0.1) is 0 Å². The highest BCUT2D eigenvalue weighted by Crippen LogP contribution is 2.21. The molecule has 1 aliphatic heterocycles. The van der Waals surface area contributed by atoms with Crippen LogP contribution in [0.3, 0.4) is 0 Å². The first-order valence-electron chi connectivity index (χ1n) is 7.77. The van der Waals surface area contributed by atoms with Gasteiger partial charge in [0.15, 0.2) is 0 Å². The molecule has 0 aliphatic carbocycles. The molecule has 1 fully saturated rings. The molecule has 2 unspecified atom stereocenters. The van der Waals surface area contributed by atoms with E-state index in [1.54, 1.807) is 7.05 Å². The minimum Gasteiger partial charge on any atom is -0.368 e. The van der Waals surface area contributed by atoms with Crippen LogP contribution in [0.2, 0.25) is 0 Å². The lowest BCUT2D eigenvalue weighted by Gasteiger charge is -2.41. The van der Waals surface area contributed by atoms with E-state index >= 15 is 0 Å². The van der Waals surface area contributed by atoms with Gasteiger partial charge >= 0.3 is 0 Å². The number of likely N-dealkylation sites (N-methyl/N-ethyl adjacent to an activating group) is 1. The fraction of sp³-hybridized carbons (Fsp3) is 0.933. The summed E-state index contributed by atoms with van der Waals surface area (Å²) >= 11 is 0. The zero-order chi connectivity index (χ0) is 15.3. The Labute approximate surface area is 123 Å². The highest BCUT2D eigenvalue weighted by molar-refractivity contribution is 5.84. The molecular formula is C15H32N4O. The van der Waals surface area contributed by atoms with Gasteiger partial charge in [0.2, 0.25) is 5.91 Å². The van der Waals surface area contributed by atoms with E-state index in [0.717, 1.165) is 13.0 Å². The number of nitrogens with zero attached hydrogens (tertiary/aromatic N) is 2. The number of amides is 1. The van der Waals surface area contributed by atoms with E-state index in [2.05, 4.69) is 36.0 Å². The normalized spacial score (nSPS) is 22.7. The van der Waals surface area contributed by atoms with Gasteiger partial charge in [-0.1, -0.05) is 6.92 Å². The summed E-state index contributed by atoms with van der Waals surface area (Å²) in [5, 5.41) is 3.07. The Morgan fingerprint density at radius 3 is 2.45 bits per heavy atom. The summed E-state index contributed by atoms with van der Waals surface area (Å²) in [6.45, 7) is 9.79. The minimum absolute atomic E-state index is 0.277. The van der Waals surface area contributed by atoms with Gasteiger partial charge in [0, 0.05) is 12.1 Å². The van der Waals surface area contributed by atoms with Crippen molar-refractivity contribution in [3.05, 3.63) is 0 Å². The first-order chi connectivity index (χ1) is 9.34. The van der Waals surface area contributed by atoms with Gasteiger partial charge in [-0.25, -0.2) is 0 Å². The number of nitrogens with one attached hydrogen (secondary N) is 1. The molecule has 0 aromatic rings. The van der Waals surface area contributed by atoms with E-state index in [1.807, 2.05) is 6.92 Å². The number of piperidine rings is 1. The Kier molecular flexibility index (Phi) is 6.43. The van der Waals surface area contributed by atoms with Crippen molar-refractivity contribution in [2.45, 2.75) is 57.7 Å². The van der Waals surface area contributed by atoms with Crippen molar-refractivity contribution >= 4 is 5.91 Å². The number of hydrogen-bond acceptors (Lipinski definition) is 4. The van der Waals surface area contributed by atoms with Crippen LogP contribution in [-0.2, 0) is 4.79 Å². The van der Waals surface area contributed by atoms with E-state index < -0.39 is 5.54 Å². The number of nitrogens with two attached hydrogens (primary N) is 1. The van der Waals surface area contributed by atoms with Gasteiger partial charge in [0.1, 0.15) is 0 Å². The summed E-state index contributed by atoms with van der Waals surface area (Å²) in [6.07, 6.45) is 3.16. The van der Waals surface area contributed by atoms with E-state index in [-0.39, 0.29) is 5.91 Å². The smallest absolute Gasteiger partial charge is 0.237 e. The van der Waals surface area contributed by atoms with Gasteiger partial charge in [0.25, 0.3) is 0 Å². The number of primary amides is 1. The largest absolute Gasteiger partial charge is 0.368 e. The van der Waals surface area contributed by atoms with Crippen molar-refractivity contribution in [2.24, 2.45) is 5.73 Å². The lowest BCUT2D eigenvalue weighted by Crippen LogP contribution is -2.56. The van der Waals surface area contributed by atoms with E-state index in [0.29, 0.717) is 12.1 Å². The summed E-state index contributed by atoms with van der Waals surface area (Å²) in [7, 11) is 3.98. The summed E-state index contributed by atoms with van der Waals surface area (Å²) in [5.74, 6) is -0.277. The van der Waals surface area contributed by atoms with E-state index in [4.69, 9.17) is 5.73 Å². The molecule has 0 spiro atoms. The Balaban J connectivity index is 2.55. The third-order valence-electron chi connectivity index (χ3n) is 5.07. The lowest BCUT2D eigenvalue weighted by atomic mass is 9.91. The van der Waals surface area contributed by atoms with Crippen LogP contribution >= 0.6 is 0 Å². The van der Waals surface area contributed by atoms with Crippen molar-refractivity contribution in [1.29, 1.82) is 0 Å². The maximum Gasteiger partial charge on any atom is 0.237 e. The Morgan fingerprint density at radius 2 is 2.05 bits per heavy atom. The molecule has 5 nitrogen and oxygen atoms in total.